The number of esters is 2. The number of rotatable bonds is 30. The van der Waals surface area contributed by atoms with Gasteiger partial charge in [-0.05, 0) is 38.0 Å². The largest absolute Gasteiger partial charge is 0.462 e. The van der Waals surface area contributed by atoms with E-state index in [1.807, 2.05) is 18.2 Å². The summed E-state index contributed by atoms with van der Waals surface area (Å²) < 4.78 is 10.5. The summed E-state index contributed by atoms with van der Waals surface area (Å²) in [6, 6.07) is 0. The lowest BCUT2D eigenvalue weighted by Crippen LogP contribution is -2.28. The molecule has 0 aliphatic heterocycles. The van der Waals surface area contributed by atoms with Gasteiger partial charge in [0.2, 0.25) is 0 Å². The number of carbonyl (C=O) groups is 2. The van der Waals surface area contributed by atoms with Crippen LogP contribution in [0.1, 0.15) is 162 Å². The van der Waals surface area contributed by atoms with Crippen molar-refractivity contribution in [2.45, 2.75) is 186 Å². The van der Waals surface area contributed by atoms with E-state index < -0.39 is 37.0 Å². The molecule has 0 unspecified atom stereocenters. The van der Waals surface area contributed by atoms with Crippen molar-refractivity contribution in [1.82, 2.24) is 0 Å². The number of ether oxygens (including phenoxy) is 2. The van der Waals surface area contributed by atoms with E-state index in [9.17, 15) is 30.0 Å². The van der Waals surface area contributed by atoms with E-state index in [-0.39, 0.29) is 30.8 Å². The van der Waals surface area contributed by atoms with Gasteiger partial charge < -0.3 is 29.9 Å². The molecule has 8 nitrogen and oxygen atoms in total. The first kappa shape index (κ1) is 43.3. The van der Waals surface area contributed by atoms with Crippen LogP contribution in [0.5, 0.6) is 0 Å². The zero-order valence-corrected chi connectivity index (χ0v) is 29.9. The van der Waals surface area contributed by atoms with Crippen LogP contribution >= 0.6 is 0 Å². The van der Waals surface area contributed by atoms with Gasteiger partial charge in [-0.25, -0.2) is 0 Å². The molecular formula is C39H70O8. The van der Waals surface area contributed by atoms with E-state index in [0.717, 1.165) is 38.5 Å². The average molecular weight is 667 g/mol. The summed E-state index contributed by atoms with van der Waals surface area (Å²) in [4.78, 5) is 24.3. The maximum atomic E-state index is 12.2. The average Bonchev–Trinajstić information content (AvgIpc) is 3.32. The number of aliphatic hydroxyl groups excluding tert-OH is 4. The summed E-state index contributed by atoms with van der Waals surface area (Å²) in [7, 11) is 0. The summed E-state index contributed by atoms with van der Waals surface area (Å²) in [6.07, 6.45) is 27.6. The van der Waals surface area contributed by atoms with Crippen molar-refractivity contribution in [3.05, 3.63) is 24.3 Å². The molecule has 0 saturated heterocycles. The van der Waals surface area contributed by atoms with Crippen LogP contribution in [0.3, 0.4) is 0 Å². The van der Waals surface area contributed by atoms with Gasteiger partial charge >= 0.3 is 11.9 Å². The van der Waals surface area contributed by atoms with Crippen LogP contribution in [0.15, 0.2) is 24.3 Å². The maximum Gasteiger partial charge on any atom is 0.306 e. The van der Waals surface area contributed by atoms with Crippen LogP contribution in [0, 0.1) is 11.8 Å². The van der Waals surface area contributed by atoms with Crippen LogP contribution in [-0.2, 0) is 19.1 Å². The van der Waals surface area contributed by atoms with Crippen molar-refractivity contribution in [1.29, 1.82) is 0 Å². The highest BCUT2D eigenvalue weighted by molar-refractivity contribution is 5.70. The minimum atomic E-state index is -0.846. The van der Waals surface area contributed by atoms with Crippen molar-refractivity contribution in [3.63, 3.8) is 0 Å². The Morgan fingerprint density at radius 3 is 1.94 bits per heavy atom. The molecule has 0 aromatic rings. The molecule has 8 heteroatoms. The number of allylic oxidation sites excluding steroid dienone is 2. The molecule has 1 fully saturated rings. The first-order chi connectivity index (χ1) is 22.8. The Morgan fingerprint density at radius 2 is 1.32 bits per heavy atom. The summed E-state index contributed by atoms with van der Waals surface area (Å²) in [5.74, 6) is -1.09. The molecule has 0 bridgehead atoms. The number of aliphatic hydroxyl groups is 4. The van der Waals surface area contributed by atoms with E-state index in [0.29, 0.717) is 38.5 Å². The molecule has 4 N–H and O–H groups in total. The van der Waals surface area contributed by atoms with Crippen molar-refractivity contribution in [2.75, 3.05) is 13.2 Å². The second-order valence-electron chi connectivity index (χ2n) is 13.6. The Hall–Kier alpha value is -1.74. The third-order valence-electron chi connectivity index (χ3n) is 9.32. The normalized spacial score (nSPS) is 21.1. The van der Waals surface area contributed by atoms with E-state index >= 15 is 0 Å². The van der Waals surface area contributed by atoms with Crippen molar-refractivity contribution < 1.29 is 39.5 Å². The Kier molecular flexibility index (Phi) is 26.9. The molecule has 6 atom stereocenters. The minimum absolute atomic E-state index is 0.118. The van der Waals surface area contributed by atoms with Gasteiger partial charge in [0.15, 0.2) is 6.10 Å². The van der Waals surface area contributed by atoms with E-state index in [4.69, 9.17) is 9.47 Å². The molecule has 0 spiro atoms. The van der Waals surface area contributed by atoms with Crippen molar-refractivity contribution in [3.8, 4) is 0 Å². The third-order valence-corrected chi connectivity index (χ3v) is 9.32. The molecule has 1 aliphatic carbocycles. The number of hydrogen-bond donors (Lipinski definition) is 4. The van der Waals surface area contributed by atoms with Crippen molar-refractivity contribution in [2.24, 2.45) is 11.8 Å². The molecule has 0 radical (unpaired) electrons. The van der Waals surface area contributed by atoms with Gasteiger partial charge in [-0.1, -0.05) is 134 Å². The van der Waals surface area contributed by atoms with E-state index in [1.54, 1.807) is 6.08 Å². The quantitative estimate of drug-likeness (QED) is 0.0346. The Balaban J connectivity index is 2.14. The lowest BCUT2D eigenvalue weighted by molar-refractivity contribution is -0.161. The van der Waals surface area contributed by atoms with Crippen LogP contribution in [0.4, 0.5) is 0 Å². The SMILES string of the molecule is CCCCCCCCCCCCCCCC(=O)O[C@@H](CO)COC(=O)CCC/C=C/C[C@@H]1[C@@H](/C=C/[C@@H](O)CCCCC)[C@H](O)C[C@@H]1O. The number of hydrogen-bond acceptors (Lipinski definition) is 8. The van der Waals surface area contributed by atoms with Gasteiger partial charge in [0, 0.05) is 25.2 Å². The second-order valence-corrected chi connectivity index (χ2v) is 13.6. The summed E-state index contributed by atoms with van der Waals surface area (Å²) in [5, 5.41) is 40.6. The fraction of sp³-hybridized carbons (Fsp3) is 0.846. The van der Waals surface area contributed by atoms with Gasteiger partial charge in [-0.3, -0.25) is 9.59 Å². The molecule has 0 aromatic heterocycles. The molecule has 1 aliphatic rings. The predicted molar refractivity (Wildman–Crippen MR) is 189 cm³/mol. The molecule has 1 saturated carbocycles. The highest BCUT2D eigenvalue weighted by Gasteiger charge is 2.39. The van der Waals surface area contributed by atoms with E-state index in [2.05, 4.69) is 13.8 Å². The third kappa shape index (κ3) is 22.5. The van der Waals surface area contributed by atoms with E-state index in [1.165, 1.54) is 64.2 Å². The Bertz CT molecular complexity index is 828. The molecule has 0 aromatic carbocycles. The van der Waals surface area contributed by atoms with Crippen LogP contribution in [0.2, 0.25) is 0 Å². The molecule has 274 valence electrons. The predicted octanol–water partition coefficient (Wildman–Crippen LogP) is 7.89. The van der Waals surface area contributed by atoms with Gasteiger partial charge in [0.05, 0.1) is 24.9 Å². The molecular weight excluding hydrogens is 596 g/mol. The zero-order valence-electron chi connectivity index (χ0n) is 29.9. The van der Waals surface area contributed by atoms with Gasteiger partial charge in [-0.15, -0.1) is 0 Å². The van der Waals surface area contributed by atoms with Crippen LogP contribution < -0.4 is 0 Å². The highest BCUT2D eigenvalue weighted by atomic mass is 16.6. The Morgan fingerprint density at radius 1 is 0.745 bits per heavy atom. The zero-order chi connectivity index (χ0) is 34.5. The smallest absolute Gasteiger partial charge is 0.306 e. The summed E-state index contributed by atoms with van der Waals surface area (Å²) >= 11 is 0. The summed E-state index contributed by atoms with van der Waals surface area (Å²) in [5.41, 5.74) is 0. The Labute approximate surface area is 286 Å². The first-order valence-corrected chi connectivity index (χ1v) is 19.2. The lowest BCUT2D eigenvalue weighted by atomic mass is 9.89. The topological polar surface area (TPSA) is 134 Å². The second kappa shape index (κ2) is 29.2. The van der Waals surface area contributed by atoms with Crippen LogP contribution in [0.25, 0.3) is 0 Å². The standard InChI is InChI=1S/C39H70O8/c1-3-5-7-8-9-10-11-12-13-14-15-16-22-26-39(45)47-33(30-40)31-46-38(44)25-21-18-17-20-24-34-35(37(43)29-36(34)42)28-27-32(41)23-19-6-4-2/h17,20,27-28,32-37,40-43H,3-16,18-19,21-26,29-31H2,1-2H3/b20-17+,28-27+/t32-,33-,34+,35+,36-,37+/m0/s1. The highest BCUT2D eigenvalue weighted by Crippen LogP contribution is 2.36. The number of carbonyl (C=O) groups excluding carboxylic acids is 2. The lowest BCUT2D eigenvalue weighted by Gasteiger charge is -2.19. The van der Waals surface area contributed by atoms with Gasteiger partial charge in [0.1, 0.15) is 6.61 Å². The molecule has 0 heterocycles. The summed E-state index contributed by atoms with van der Waals surface area (Å²) in [6.45, 7) is 3.83. The maximum absolute atomic E-state index is 12.2. The minimum Gasteiger partial charge on any atom is -0.462 e. The van der Waals surface area contributed by atoms with Crippen LogP contribution in [-0.4, -0.2) is 70.0 Å². The number of unbranched alkanes of at least 4 members (excludes halogenated alkanes) is 15. The van der Waals surface area contributed by atoms with Gasteiger partial charge in [-0.2, -0.15) is 0 Å². The van der Waals surface area contributed by atoms with Gasteiger partial charge in [0.25, 0.3) is 0 Å². The fourth-order valence-corrected chi connectivity index (χ4v) is 6.31. The first-order valence-electron chi connectivity index (χ1n) is 19.2. The molecule has 47 heavy (non-hydrogen) atoms. The monoisotopic (exact) mass is 667 g/mol. The molecule has 0 amide bonds. The molecule has 1 rings (SSSR count). The van der Waals surface area contributed by atoms with Crippen molar-refractivity contribution >= 4 is 11.9 Å². The fourth-order valence-electron chi connectivity index (χ4n) is 6.31.